The normalized spacial score (nSPS) is 14.5. The smallest absolute Gasteiger partial charge is 0.144 e. The van der Waals surface area contributed by atoms with Crippen LogP contribution < -0.4 is 11.1 Å². The number of nitrogens with zero attached hydrogens (tertiary/aromatic N) is 5. The zero-order valence-electron chi connectivity index (χ0n) is 20.1. The maximum Gasteiger partial charge on any atom is 0.144 e. The molecule has 1 aliphatic heterocycles. The Kier molecular flexibility index (Phi) is 7.37. The van der Waals surface area contributed by atoms with E-state index in [1.165, 1.54) is 31.7 Å². The molecule has 0 radical (unpaired) electrons. The summed E-state index contributed by atoms with van der Waals surface area (Å²) in [7, 11) is 0. The lowest BCUT2D eigenvalue weighted by molar-refractivity contribution is 0.103. The molecule has 1 fully saturated rings. The first-order chi connectivity index (χ1) is 17.7. The van der Waals surface area contributed by atoms with Gasteiger partial charge < -0.3 is 20.5 Å². The largest absolute Gasteiger partial charge is 0.394 e. The number of piperidine rings is 1. The maximum atomic E-state index is 13.6. The Morgan fingerprint density at radius 1 is 1.08 bits per heavy atom. The average molecular weight is 488 g/mol. The molecular formula is C27H30FN7O. The molecule has 0 saturated carbocycles. The second-order valence-electron chi connectivity index (χ2n) is 8.96. The summed E-state index contributed by atoms with van der Waals surface area (Å²) >= 11 is 0. The molecule has 3 N–H and O–H groups in total. The Bertz CT molecular complexity index is 1350. The van der Waals surface area contributed by atoms with Gasteiger partial charge in [0, 0.05) is 35.9 Å². The van der Waals surface area contributed by atoms with Gasteiger partial charge in [0.05, 0.1) is 11.8 Å². The summed E-state index contributed by atoms with van der Waals surface area (Å²) in [5, 5.41) is 8.48. The molecule has 186 valence electrons. The van der Waals surface area contributed by atoms with E-state index in [9.17, 15) is 4.39 Å². The van der Waals surface area contributed by atoms with Crippen LogP contribution in [0.25, 0.3) is 10.9 Å². The lowest BCUT2D eigenvalue weighted by atomic mass is 10.1. The number of anilines is 3. The molecule has 0 amide bonds. The molecular weight excluding hydrogens is 457 g/mol. The molecule has 36 heavy (non-hydrogen) atoms. The molecule has 9 heteroatoms. The van der Waals surface area contributed by atoms with E-state index >= 15 is 0 Å². The molecule has 4 aromatic rings. The quantitative estimate of drug-likeness (QED) is 0.200. The Labute approximate surface area is 209 Å². The third-order valence-corrected chi connectivity index (χ3v) is 6.39. The van der Waals surface area contributed by atoms with E-state index < -0.39 is 0 Å². The third kappa shape index (κ3) is 5.80. The van der Waals surface area contributed by atoms with Crippen LogP contribution in [0.4, 0.5) is 21.7 Å². The molecule has 5 rings (SSSR count). The van der Waals surface area contributed by atoms with Crippen molar-refractivity contribution in [3.8, 4) is 0 Å². The molecule has 0 bridgehead atoms. The lowest BCUT2D eigenvalue weighted by Crippen LogP contribution is -2.32. The monoisotopic (exact) mass is 487 g/mol. The minimum atomic E-state index is -0.230. The number of benzene rings is 2. The van der Waals surface area contributed by atoms with Gasteiger partial charge in [-0.1, -0.05) is 23.7 Å². The first-order valence-electron chi connectivity index (χ1n) is 12.2. The lowest BCUT2D eigenvalue weighted by Gasteiger charge is -2.25. The highest BCUT2D eigenvalue weighted by molar-refractivity contribution is 5.93. The van der Waals surface area contributed by atoms with E-state index in [0.717, 1.165) is 41.8 Å². The van der Waals surface area contributed by atoms with Gasteiger partial charge in [0.1, 0.15) is 30.4 Å². The van der Waals surface area contributed by atoms with Crippen LogP contribution in [0.15, 0.2) is 66.2 Å². The van der Waals surface area contributed by atoms with E-state index in [1.807, 2.05) is 36.5 Å². The summed E-state index contributed by atoms with van der Waals surface area (Å²) < 4.78 is 15.7. The molecule has 3 heterocycles. The summed E-state index contributed by atoms with van der Waals surface area (Å²) in [4.78, 5) is 16.3. The van der Waals surface area contributed by atoms with E-state index in [0.29, 0.717) is 30.4 Å². The number of nitrogens with one attached hydrogen (secondary N) is 1. The number of halogens is 1. The Balaban J connectivity index is 1.26. The number of likely N-dealkylation sites (tertiary alicyclic amines) is 1. The van der Waals surface area contributed by atoms with Crippen molar-refractivity contribution in [2.45, 2.75) is 25.8 Å². The van der Waals surface area contributed by atoms with E-state index in [1.54, 1.807) is 18.3 Å². The number of nitrogen functional groups attached to an aromatic ring is 1. The number of aromatic nitrogens is 3. The highest BCUT2D eigenvalue weighted by Crippen LogP contribution is 2.25. The fourth-order valence-electron chi connectivity index (χ4n) is 4.52. The fourth-order valence-corrected chi connectivity index (χ4v) is 4.52. The Morgan fingerprint density at radius 3 is 2.83 bits per heavy atom. The Morgan fingerprint density at radius 2 is 1.97 bits per heavy atom. The summed E-state index contributed by atoms with van der Waals surface area (Å²) in [6, 6.07) is 14.7. The van der Waals surface area contributed by atoms with Crippen LogP contribution in [-0.4, -0.2) is 51.9 Å². The molecule has 2 aromatic carbocycles. The molecule has 8 nitrogen and oxygen atoms in total. The number of rotatable bonds is 9. The van der Waals surface area contributed by atoms with Gasteiger partial charge in [-0.2, -0.15) is 0 Å². The van der Waals surface area contributed by atoms with Gasteiger partial charge >= 0.3 is 0 Å². The number of oxime groups is 1. The fraction of sp³-hybridized carbons (Fsp3) is 0.296. The highest BCUT2D eigenvalue weighted by atomic mass is 19.1. The second kappa shape index (κ2) is 11.2. The van der Waals surface area contributed by atoms with Gasteiger partial charge in [0.25, 0.3) is 0 Å². The van der Waals surface area contributed by atoms with Gasteiger partial charge in [0.2, 0.25) is 0 Å². The first-order valence-corrected chi connectivity index (χ1v) is 12.2. The molecule has 0 spiro atoms. The Hall–Kier alpha value is -3.98. The second-order valence-corrected chi connectivity index (χ2v) is 8.96. The first kappa shape index (κ1) is 23.7. The van der Waals surface area contributed by atoms with Crippen molar-refractivity contribution < 1.29 is 9.23 Å². The van der Waals surface area contributed by atoms with Crippen molar-refractivity contribution in [3.63, 3.8) is 0 Å². The predicted molar refractivity (Wildman–Crippen MR) is 141 cm³/mol. The van der Waals surface area contributed by atoms with Crippen LogP contribution in [0.3, 0.4) is 0 Å². The van der Waals surface area contributed by atoms with E-state index in [2.05, 4.69) is 29.9 Å². The zero-order chi connectivity index (χ0) is 24.7. The van der Waals surface area contributed by atoms with Crippen molar-refractivity contribution in [2.75, 3.05) is 37.3 Å². The summed E-state index contributed by atoms with van der Waals surface area (Å²) in [5.41, 5.74) is 9.49. The van der Waals surface area contributed by atoms with Gasteiger partial charge in [-0.25, -0.2) is 14.4 Å². The van der Waals surface area contributed by atoms with Crippen molar-refractivity contribution >= 4 is 34.4 Å². The van der Waals surface area contributed by atoms with Crippen LogP contribution in [0.5, 0.6) is 0 Å². The SMILES string of the molecule is Nc1ncnc(Nc2ccc3c(ccn3Cc3cccc(F)c3)c2)c1C=NOCCN1CCCCC1. The number of nitrogens with two attached hydrogens (primary N) is 1. The highest BCUT2D eigenvalue weighted by Gasteiger charge is 2.11. The van der Waals surface area contributed by atoms with E-state index in [-0.39, 0.29) is 5.82 Å². The summed E-state index contributed by atoms with van der Waals surface area (Å²) in [6.45, 7) is 4.23. The van der Waals surface area contributed by atoms with Crippen LogP contribution in [0.2, 0.25) is 0 Å². The minimum Gasteiger partial charge on any atom is -0.394 e. The van der Waals surface area contributed by atoms with E-state index in [4.69, 9.17) is 10.6 Å². The number of hydrogen-bond acceptors (Lipinski definition) is 7. The molecule has 0 atom stereocenters. The standard InChI is InChI=1S/C27H30FN7O/c28-22-6-4-5-20(15-22)18-35-12-9-21-16-23(7-8-25(21)35)33-27-24(26(29)30-19-31-27)17-32-36-14-13-34-10-2-1-3-11-34/h4-9,12,15-17,19H,1-3,10-11,13-14,18H2,(H3,29,30,31,33). The van der Waals surface area contributed by atoms with Gasteiger partial charge in [-0.05, 0) is 67.9 Å². The third-order valence-electron chi connectivity index (χ3n) is 6.39. The minimum absolute atomic E-state index is 0.230. The molecule has 1 saturated heterocycles. The molecule has 1 aliphatic rings. The molecule has 0 aliphatic carbocycles. The molecule has 0 unspecified atom stereocenters. The van der Waals surface area contributed by atoms with Gasteiger partial charge in [-0.15, -0.1) is 0 Å². The van der Waals surface area contributed by atoms with Crippen molar-refractivity contribution in [1.82, 2.24) is 19.4 Å². The predicted octanol–water partition coefficient (Wildman–Crippen LogP) is 4.78. The average Bonchev–Trinajstić information content (AvgIpc) is 3.28. The van der Waals surface area contributed by atoms with Gasteiger partial charge in [-0.3, -0.25) is 4.90 Å². The van der Waals surface area contributed by atoms with Crippen LogP contribution in [0, 0.1) is 5.82 Å². The van der Waals surface area contributed by atoms with Crippen molar-refractivity contribution in [1.29, 1.82) is 0 Å². The van der Waals surface area contributed by atoms with Crippen LogP contribution >= 0.6 is 0 Å². The number of hydrogen-bond donors (Lipinski definition) is 2. The van der Waals surface area contributed by atoms with Crippen molar-refractivity contribution in [3.05, 3.63) is 78.0 Å². The summed E-state index contributed by atoms with van der Waals surface area (Å²) in [5.74, 6) is 0.633. The van der Waals surface area contributed by atoms with Crippen molar-refractivity contribution in [2.24, 2.45) is 5.16 Å². The van der Waals surface area contributed by atoms with Crippen LogP contribution in [-0.2, 0) is 11.4 Å². The molecule has 2 aromatic heterocycles. The zero-order valence-corrected chi connectivity index (χ0v) is 20.1. The maximum absolute atomic E-state index is 13.6. The van der Waals surface area contributed by atoms with Crippen LogP contribution in [0.1, 0.15) is 30.4 Å². The summed E-state index contributed by atoms with van der Waals surface area (Å²) in [6.07, 6.45) is 8.79. The van der Waals surface area contributed by atoms with Gasteiger partial charge in [0.15, 0.2) is 0 Å². The number of fused-ring (bicyclic) bond motifs is 1. The topological polar surface area (TPSA) is 93.6 Å².